The third kappa shape index (κ3) is 4.16. The quantitative estimate of drug-likeness (QED) is 0.735. The summed E-state index contributed by atoms with van der Waals surface area (Å²) in [6.07, 6.45) is 4.49. The Morgan fingerprint density at radius 1 is 1.20 bits per heavy atom. The van der Waals surface area contributed by atoms with Crippen LogP contribution in [0, 0.1) is 11.8 Å². The van der Waals surface area contributed by atoms with Crippen LogP contribution in [0.2, 0.25) is 0 Å². The van der Waals surface area contributed by atoms with E-state index in [1.165, 1.54) is 12.8 Å². The lowest BCUT2D eigenvalue weighted by Crippen LogP contribution is -2.49. The zero-order valence-electron chi connectivity index (χ0n) is 12.8. The number of piperidine rings is 1. The van der Waals surface area contributed by atoms with Gasteiger partial charge in [0.05, 0.1) is 0 Å². The molecule has 1 unspecified atom stereocenters. The monoisotopic (exact) mass is 303 g/mol. The number of rotatable bonds is 8. The molecule has 0 aromatic heterocycles. The Morgan fingerprint density at radius 3 is 2.55 bits per heavy atom. The van der Waals surface area contributed by atoms with Crippen molar-refractivity contribution in [2.45, 2.75) is 39.5 Å². The van der Waals surface area contributed by atoms with Gasteiger partial charge in [-0.2, -0.15) is 17.0 Å². The Hall–Kier alpha value is -0.170. The smallest absolute Gasteiger partial charge is 0.281 e. The first kappa shape index (κ1) is 16.2. The highest BCUT2D eigenvalue weighted by Crippen LogP contribution is 2.31. The van der Waals surface area contributed by atoms with E-state index < -0.39 is 10.2 Å². The van der Waals surface area contributed by atoms with Crippen LogP contribution in [0.4, 0.5) is 0 Å². The predicted octanol–water partition coefficient (Wildman–Crippen LogP) is 1.28. The van der Waals surface area contributed by atoms with E-state index in [9.17, 15) is 8.42 Å². The average Bonchev–Trinajstić information content (AvgIpc) is 3.26. The summed E-state index contributed by atoms with van der Waals surface area (Å²) < 4.78 is 28.9. The standard InChI is InChI=1S/C14H29N3O2S/c1-3-15-10-14-6-5-9-17(12-14)20(18,19)16(4-2)11-13-7-8-13/h13-15H,3-12H2,1-2H3. The van der Waals surface area contributed by atoms with Crippen LogP contribution in [0.3, 0.4) is 0 Å². The first-order valence-corrected chi connectivity index (χ1v) is 9.43. The number of hydrogen-bond acceptors (Lipinski definition) is 3. The van der Waals surface area contributed by atoms with Crippen molar-refractivity contribution in [2.24, 2.45) is 11.8 Å². The van der Waals surface area contributed by atoms with Crippen molar-refractivity contribution in [3.8, 4) is 0 Å². The van der Waals surface area contributed by atoms with E-state index in [2.05, 4.69) is 12.2 Å². The van der Waals surface area contributed by atoms with Crippen LogP contribution in [0.25, 0.3) is 0 Å². The highest BCUT2D eigenvalue weighted by atomic mass is 32.2. The third-order valence-electron chi connectivity index (χ3n) is 4.33. The zero-order chi connectivity index (χ0) is 14.6. The molecule has 6 heteroatoms. The lowest BCUT2D eigenvalue weighted by molar-refractivity contribution is 0.242. The summed E-state index contributed by atoms with van der Waals surface area (Å²) in [4.78, 5) is 0. The Balaban J connectivity index is 1.95. The minimum Gasteiger partial charge on any atom is -0.317 e. The summed E-state index contributed by atoms with van der Waals surface area (Å²) in [6, 6.07) is 0. The van der Waals surface area contributed by atoms with Crippen molar-refractivity contribution in [1.82, 2.24) is 13.9 Å². The van der Waals surface area contributed by atoms with Crippen LogP contribution in [0.15, 0.2) is 0 Å². The zero-order valence-corrected chi connectivity index (χ0v) is 13.7. The second-order valence-electron chi connectivity index (χ2n) is 6.08. The van der Waals surface area contributed by atoms with Crippen molar-refractivity contribution in [3.63, 3.8) is 0 Å². The summed E-state index contributed by atoms with van der Waals surface area (Å²) in [7, 11) is -3.25. The summed E-state index contributed by atoms with van der Waals surface area (Å²) >= 11 is 0. The van der Waals surface area contributed by atoms with E-state index in [1.54, 1.807) is 8.61 Å². The first-order valence-electron chi connectivity index (χ1n) is 8.03. The van der Waals surface area contributed by atoms with Gasteiger partial charge in [-0.1, -0.05) is 13.8 Å². The molecule has 1 atom stereocenters. The normalized spacial score (nSPS) is 25.2. The molecule has 20 heavy (non-hydrogen) atoms. The summed E-state index contributed by atoms with van der Waals surface area (Å²) in [6.45, 7) is 8.58. The second kappa shape index (κ2) is 7.20. The van der Waals surface area contributed by atoms with Crippen LogP contribution in [0.5, 0.6) is 0 Å². The molecule has 2 rings (SSSR count). The molecule has 0 spiro atoms. The van der Waals surface area contributed by atoms with Crippen molar-refractivity contribution < 1.29 is 8.42 Å². The highest BCUT2D eigenvalue weighted by Gasteiger charge is 2.35. The number of nitrogens with one attached hydrogen (secondary N) is 1. The van der Waals surface area contributed by atoms with Gasteiger partial charge < -0.3 is 5.32 Å². The van der Waals surface area contributed by atoms with Crippen LogP contribution >= 0.6 is 0 Å². The topological polar surface area (TPSA) is 52.7 Å². The summed E-state index contributed by atoms with van der Waals surface area (Å²) in [5, 5.41) is 3.34. The van der Waals surface area contributed by atoms with Crippen LogP contribution in [0.1, 0.15) is 39.5 Å². The van der Waals surface area contributed by atoms with Gasteiger partial charge >= 0.3 is 0 Å². The molecular weight excluding hydrogens is 274 g/mol. The van der Waals surface area contributed by atoms with Crippen molar-refractivity contribution in [3.05, 3.63) is 0 Å². The molecule has 0 amide bonds. The Labute approximate surface area is 123 Å². The molecule has 2 aliphatic rings. The largest absolute Gasteiger partial charge is 0.317 e. The SMILES string of the molecule is CCNCC1CCCN(S(=O)(=O)N(CC)CC2CC2)C1. The van der Waals surface area contributed by atoms with E-state index in [0.29, 0.717) is 38.0 Å². The van der Waals surface area contributed by atoms with Crippen LogP contribution in [-0.2, 0) is 10.2 Å². The van der Waals surface area contributed by atoms with Gasteiger partial charge in [0.1, 0.15) is 0 Å². The molecule has 118 valence electrons. The minimum atomic E-state index is -3.25. The molecule has 1 aliphatic heterocycles. The van der Waals surface area contributed by atoms with E-state index in [-0.39, 0.29) is 0 Å². The fraction of sp³-hybridized carbons (Fsp3) is 1.00. The lowest BCUT2D eigenvalue weighted by atomic mass is 10.00. The second-order valence-corrected chi connectivity index (χ2v) is 8.00. The summed E-state index contributed by atoms with van der Waals surface area (Å²) in [5.41, 5.74) is 0. The van der Waals surface area contributed by atoms with Gasteiger partial charge in [0.15, 0.2) is 0 Å². The van der Waals surface area contributed by atoms with E-state index in [0.717, 1.165) is 25.9 Å². The maximum Gasteiger partial charge on any atom is 0.281 e. The van der Waals surface area contributed by atoms with E-state index in [4.69, 9.17) is 0 Å². The maximum absolute atomic E-state index is 12.7. The molecular formula is C14H29N3O2S. The Bertz CT molecular complexity index is 395. The van der Waals surface area contributed by atoms with Gasteiger partial charge in [-0.15, -0.1) is 0 Å². The van der Waals surface area contributed by atoms with Gasteiger partial charge in [0.2, 0.25) is 0 Å². The molecule has 0 radical (unpaired) electrons. The fourth-order valence-corrected chi connectivity index (χ4v) is 4.70. The molecule has 0 aromatic rings. The van der Waals surface area contributed by atoms with Gasteiger partial charge in [0.25, 0.3) is 10.2 Å². The van der Waals surface area contributed by atoms with Gasteiger partial charge in [-0.3, -0.25) is 0 Å². The van der Waals surface area contributed by atoms with E-state index >= 15 is 0 Å². The minimum absolute atomic E-state index is 0.457. The van der Waals surface area contributed by atoms with Crippen molar-refractivity contribution in [1.29, 1.82) is 0 Å². The van der Waals surface area contributed by atoms with E-state index in [1.807, 2.05) is 6.92 Å². The van der Waals surface area contributed by atoms with Gasteiger partial charge in [0, 0.05) is 26.2 Å². The van der Waals surface area contributed by atoms with Crippen LogP contribution < -0.4 is 5.32 Å². The molecule has 0 bridgehead atoms. The average molecular weight is 303 g/mol. The number of hydrogen-bond donors (Lipinski definition) is 1. The maximum atomic E-state index is 12.7. The highest BCUT2D eigenvalue weighted by molar-refractivity contribution is 7.86. The summed E-state index contributed by atoms with van der Waals surface area (Å²) in [5.74, 6) is 1.06. The molecule has 5 nitrogen and oxygen atoms in total. The lowest BCUT2D eigenvalue weighted by Gasteiger charge is -2.35. The predicted molar refractivity (Wildman–Crippen MR) is 81.7 cm³/mol. The molecule has 1 heterocycles. The van der Waals surface area contributed by atoms with Gasteiger partial charge in [-0.25, -0.2) is 0 Å². The molecule has 1 saturated carbocycles. The third-order valence-corrected chi connectivity index (χ3v) is 6.37. The number of nitrogens with zero attached hydrogens (tertiary/aromatic N) is 2. The molecule has 0 aromatic carbocycles. The fourth-order valence-electron chi connectivity index (χ4n) is 2.89. The first-order chi connectivity index (χ1) is 9.57. The van der Waals surface area contributed by atoms with Crippen molar-refractivity contribution >= 4 is 10.2 Å². The van der Waals surface area contributed by atoms with Crippen LogP contribution in [-0.4, -0.2) is 56.3 Å². The molecule has 1 N–H and O–H groups in total. The molecule has 1 saturated heterocycles. The Kier molecular flexibility index (Phi) is 5.84. The molecule has 1 aliphatic carbocycles. The van der Waals surface area contributed by atoms with Crippen molar-refractivity contribution in [2.75, 3.05) is 39.3 Å². The van der Waals surface area contributed by atoms with Gasteiger partial charge in [-0.05, 0) is 50.6 Å². The molecule has 2 fully saturated rings. The Morgan fingerprint density at radius 2 is 1.95 bits per heavy atom.